The molecule has 0 aliphatic heterocycles. The zero-order valence-corrected chi connectivity index (χ0v) is 12.1. The van der Waals surface area contributed by atoms with Crippen molar-refractivity contribution in [1.82, 2.24) is 0 Å². The summed E-state index contributed by atoms with van der Waals surface area (Å²) in [5.41, 5.74) is -1.24. The maximum Gasteiger partial charge on any atom is 0.310 e. The lowest BCUT2D eigenvalue weighted by atomic mass is 10.2. The van der Waals surface area contributed by atoms with Gasteiger partial charge in [-0.25, -0.2) is 0 Å². The van der Waals surface area contributed by atoms with E-state index in [1.165, 1.54) is 0 Å². The zero-order valence-electron chi connectivity index (χ0n) is 9.11. The summed E-state index contributed by atoms with van der Waals surface area (Å²) in [5.74, 6) is -0.724. The number of ether oxygens (including phenoxy) is 1. The van der Waals surface area contributed by atoms with Crippen molar-refractivity contribution < 1.29 is 9.53 Å². The van der Waals surface area contributed by atoms with Gasteiger partial charge in [-0.15, -0.1) is 0 Å². The number of carbonyl (C=O) groups is 1. The number of hydrogen-bond donors (Lipinski definition) is 0. The van der Waals surface area contributed by atoms with Gasteiger partial charge in [-0.2, -0.15) is 0 Å². The van der Waals surface area contributed by atoms with E-state index in [2.05, 4.69) is 0 Å². The Bertz CT molecular complexity index is 342. The first-order chi connectivity index (χ1) is 6.97. The van der Waals surface area contributed by atoms with Crippen LogP contribution < -0.4 is 0 Å². The Hall–Kier alpha value is 0.630. The van der Waals surface area contributed by atoms with Crippen molar-refractivity contribution in [1.29, 1.82) is 0 Å². The monoisotopic (exact) mass is 304 g/mol. The summed E-state index contributed by atoms with van der Waals surface area (Å²) >= 11 is 24.0. The highest BCUT2D eigenvalue weighted by molar-refractivity contribution is 6.69. The minimum Gasteiger partial charge on any atom is -0.460 e. The van der Waals surface area contributed by atoms with Gasteiger partial charge in [-0.3, -0.25) is 4.79 Å². The summed E-state index contributed by atoms with van der Waals surface area (Å²) < 4.78 is 2.76. The van der Waals surface area contributed by atoms with E-state index in [0.717, 1.165) is 0 Å². The molecule has 2 aliphatic rings. The topological polar surface area (TPSA) is 26.3 Å². The second-order valence-corrected chi connectivity index (χ2v) is 8.07. The molecule has 2 rings (SSSR count). The van der Waals surface area contributed by atoms with Crippen LogP contribution in [0.25, 0.3) is 0 Å². The molecule has 1 atom stereocenters. The van der Waals surface area contributed by atoms with E-state index in [0.29, 0.717) is 6.42 Å². The van der Waals surface area contributed by atoms with Crippen LogP contribution in [0.5, 0.6) is 0 Å². The molecule has 0 aromatic rings. The quantitative estimate of drug-likeness (QED) is 0.545. The van der Waals surface area contributed by atoms with Crippen LogP contribution in [-0.2, 0) is 9.53 Å². The molecule has 0 bridgehead atoms. The highest BCUT2D eigenvalue weighted by atomic mass is 35.5. The van der Waals surface area contributed by atoms with Gasteiger partial charge in [-0.1, -0.05) is 46.4 Å². The van der Waals surface area contributed by atoms with Crippen LogP contribution in [-0.4, -0.2) is 20.2 Å². The number of esters is 1. The summed E-state index contributed by atoms with van der Waals surface area (Å²) in [4.78, 5) is 11.8. The number of carbonyl (C=O) groups excluding carboxylic acids is 1. The molecule has 0 saturated heterocycles. The van der Waals surface area contributed by atoms with Gasteiger partial charge < -0.3 is 4.74 Å². The van der Waals surface area contributed by atoms with Crippen LogP contribution in [0.2, 0.25) is 0 Å². The molecule has 2 saturated carbocycles. The lowest BCUT2D eigenvalue weighted by molar-refractivity contribution is -0.157. The Labute approximate surface area is 115 Å². The summed E-state index contributed by atoms with van der Waals surface area (Å²) in [6.07, 6.45) is 0.488. The molecule has 6 heteroatoms. The molecule has 0 unspecified atom stereocenters. The predicted molar refractivity (Wildman–Crippen MR) is 65.3 cm³/mol. The molecular weight excluding hydrogens is 294 g/mol. The van der Waals surface area contributed by atoms with Crippen molar-refractivity contribution in [3.8, 4) is 0 Å². The zero-order chi connectivity index (χ0) is 12.6. The fourth-order valence-electron chi connectivity index (χ4n) is 2.10. The molecule has 0 heterocycles. The van der Waals surface area contributed by atoms with Crippen molar-refractivity contribution in [2.24, 2.45) is 11.3 Å². The van der Waals surface area contributed by atoms with Crippen LogP contribution >= 0.6 is 46.4 Å². The van der Waals surface area contributed by atoms with Gasteiger partial charge in [-0.05, 0) is 27.2 Å². The summed E-state index contributed by atoms with van der Waals surface area (Å²) in [6, 6.07) is 0. The lowest BCUT2D eigenvalue weighted by Gasteiger charge is -2.19. The molecule has 1 spiro atoms. The minimum atomic E-state index is -1.25. The summed E-state index contributed by atoms with van der Waals surface area (Å²) in [7, 11) is 0. The van der Waals surface area contributed by atoms with Crippen molar-refractivity contribution in [2.45, 2.75) is 41.5 Å². The Morgan fingerprint density at radius 1 is 1.19 bits per heavy atom. The fourth-order valence-corrected chi connectivity index (χ4v) is 4.18. The van der Waals surface area contributed by atoms with Crippen molar-refractivity contribution in [3.05, 3.63) is 0 Å². The average Bonchev–Trinajstić information content (AvgIpc) is 2.81. The SMILES string of the molecule is CC(C)(C)OC(=O)[C@H]1CC12C(Cl)(Cl)C2(Cl)Cl. The number of halogens is 4. The third-order valence-corrected chi connectivity index (χ3v) is 5.97. The Morgan fingerprint density at radius 3 is 1.88 bits per heavy atom. The van der Waals surface area contributed by atoms with E-state index in [9.17, 15) is 4.79 Å². The fraction of sp³-hybridized carbons (Fsp3) is 0.900. The number of alkyl halides is 4. The maximum absolute atomic E-state index is 11.8. The van der Waals surface area contributed by atoms with Crippen molar-refractivity contribution >= 4 is 52.4 Å². The molecule has 0 amide bonds. The molecule has 2 nitrogen and oxygen atoms in total. The third-order valence-electron chi connectivity index (χ3n) is 3.10. The van der Waals surface area contributed by atoms with Gasteiger partial charge in [0.1, 0.15) is 5.60 Å². The average molecular weight is 306 g/mol. The van der Waals surface area contributed by atoms with Gasteiger partial charge >= 0.3 is 5.97 Å². The number of rotatable bonds is 1. The van der Waals surface area contributed by atoms with Crippen LogP contribution in [0.4, 0.5) is 0 Å². The Morgan fingerprint density at radius 2 is 1.62 bits per heavy atom. The predicted octanol–water partition coefficient (Wildman–Crippen LogP) is 3.70. The summed E-state index contributed by atoms with van der Waals surface area (Å²) in [6.45, 7) is 5.41. The first-order valence-corrected chi connectivity index (χ1v) is 6.47. The molecule has 2 fully saturated rings. The second-order valence-electron chi connectivity index (χ2n) is 5.41. The molecule has 16 heavy (non-hydrogen) atoms. The first kappa shape index (κ1) is 13.1. The normalized spacial score (nSPS) is 32.3. The Balaban J connectivity index is 2.07. The second kappa shape index (κ2) is 3.14. The van der Waals surface area contributed by atoms with Crippen LogP contribution in [0.15, 0.2) is 0 Å². The van der Waals surface area contributed by atoms with Crippen LogP contribution in [0, 0.1) is 11.3 Å². The molecule has 0 aromatic heterocycles. The van der Waals surface area contributed by atoms with Gasteiger partial charge in [0.25, 0.3) is 0 Å². The molecule has 0 aromatic carbocycles. The van der Waals surface area contributed by atoms with Crippen LogP contribution in [0.3, 0.4) is 0 Å². The molecule has 2 aliphatic carbocycles. The van der Waals surface area contributed by atoms with E-state index >= 15 is 0 Å². The molecule has 0 radical (unpaired) electrons. The van der Waals surface area contributed by atoms with E-state index in [1.54, 1.807) is 20.8 Å². The van der Waals surface area contributed by atoms with E-state index in [1.807, 2.05) is 0 Å². The molecule has 0 N–H and O–H groups in total. The smallest absolute Gasteiger partial charge is 0.310 e. The van der Waals surface area contributed by atoms with Crippen LogP contribution in [0.1, 0.15) is 27.2 Å². The van der Waals surface area contributed by atoms with E-state index in [4.69, 9.17) is 51.1 Å². The highest BCUT2D eigenvalue weighted by Crippen LogP contribution is 2.90. The first-order valence-electron chi connectivity index (χ1n) is 4.96. The van der Waals surface area contributed by atoms with Gasteiger partial charge in [0.15, 0.2) is 8.67 Å². The van der Waals surface area contributed by atoms with Crippen molar-refractivity contribution in [3.63, 3.8) is 0 Å². The lowest BCUT2D eigenvalue weighted by Crippen LogP contribution is -2.25. The molecular formula is C10H12Cl4O2. The maximum atomic E-state index is 11.8. The molecule has 92 valence electrons. The standard InChI is InChI=1S/C10H12Cl4O2/c1-7(2,3)16-6(15)5-4-8(5)9(11,12)10(8,13)14/h5H,4H2,1-3H3/t5-/m1/s1. The van der Waals surface area contributed by atoms with E-state index < -0.39 is 25.6 Å². The highest BCUT2D eigenvalue weighted by Gasteiger charge is 2.97. The minimum absolute atomic E-state index is 0.332. The summed E-state index contributed by atoms with van der Waals surface area (Å²) in [5, 5.41) is 0. The third kappa shape index (κ3) is 1.43. The number of hydrogen-bond acceptors (Lipinski definition) is 2. The largest absolute Gasteiger partial charge is 0.460 e. The van der Waals surface area contributed by atoms with Gasteiger partial charge in [0, 0.05) is 0 Å². The van der Waals surface area contributed by atoms with E-state index in [-0.39, 0.29) is 5.97 Å². The van der Waals surface area contributed by atoms with Crippen molar-refractivity contribution in [2.75, 3.05) is 0 Å². The van der Waals surface area contributed by atoms with Gasteiger partial charge in [0.05, 0.1) is 11.3 Å². The van der Waals surface area contributed by atoms with Gasteiger partial charge in [0.2, 0.25) is 0 Å². The Kier molecular flexibility index (Phi) is 2.57.